The number of sulfone groups is 1. The summed E-state index contributed by atoms with van der Waals surface area (Å²) in [6.07, 6.45) is 0. The molecule has 0 fully saturated rings. The third-order valence-corrected chi connectivity index (χ3v) is 7.62. The molecule has 0 aliphatic rings. The third-order valence-electron chi connectivity index (χ3n) is 4.13. The molecule has 0 N–H and O–H groups in total. The van der Waals surface area contributed by atoms with E-state index in [2.05, 4.69) is 0 Å². The fourth-order valence-corrected chi connectivity index (χ4v) is 5.07. The minimum absolute atomic E-state index is 0.0479. The third kappa shape index (κ3) is 4.74. The number of esters is 2. The highest BCUT2D eigenvalue weighted by atomic mass is 32.2. The van der Waals surface area contributed by atoms with Crippen LogP contribution in [-0.4, -0.2) is 20.4 Å². The van der Waals surface area contributed by atoms with E-state index in [-0.39, 0.29) is 21.3 Å². The van der Waals surface area contributed by atoms with Crippen molar-refractivity contribution < 1.29 is 27.5 Å². The molecule has 4 rings (SSSR count). The van der Waals surface area contributed by atoms with Crippen LogP contribution in [0.2, 0.25) is 0 Å². The molecule has 2 heterocycles. The summed E-state index contributed by atoms with van der Waals surface area (Å²) < 4.78 is 36.2. The van der Waals surface area contributed by atoms with Crippen LogP contribution in [0.5, 0.6) is 11.5 Å². The van der Waals surface area contributed by atoms with Gasteiger partial charge in [-0.2, -0.15) is 0 Å². The largest absolute Gasteiger partial charge is 0.422 e. The predicted molar refractivity (Wildman–Crippen MR) is 117 cm³/mol. The van der Waals surface area contributed by atoms with E-state index in [1.165, 1.54) is 71.2 Å². The van der Waals surface area contributed by atoms with Gasteiger partial charge < -0.3 is 9.47 Å². The Balaban J connectivity index is 1.46. The summed E-state index contributed by atoms with van der Waals surface area (Å²) in [4.78, 5) is 25.0. The maximum absolute atomic E-state index is 12.9. The molecule has 2 aromatic carbocycles. The number of hydrogen-bond acceptors (Lipinski definition) is 8. The fraction of sp³-hybridized carbons (Fsp3) is 0. The predicted octanol–water partition coefficient (Wildman–Crippen LogP) is 5.08. The average Bonchev–Trinajstić information content (AvgIpc) is 3.49. The molecule has 0 saturated heterocycles. The Hall–Kier alpha value is -3.27. The van der Waals surface area contributed by atoms with Gasteiger partial charge in [-0.1, -0.05) is 12.1 Å². The number of ether oxygens (including phenoxy) is 2. The average molecular weight is 471 g/mol. The van der Waals surface area contributed by atoms with Gasteiger partial charge in [0.15, 0.2) is 0 Å². The topological polar surface area (TPSA) is 86.7 Å². The van der Waals surface area contributed by atoms with E-state index in [0.717, 1.165) is 0 Å². The molecule has 0 aliphatic heterocycles. The molecule has 0 unspecified atom stereocenters. The molecule has 4 aromatic rings. The summed E-state index contributed by atoms with van der Waals surface area (Å²) in [6, 6.07) is 18.0. The second-order valence-corrected chi connectivity index (χ2v) is 10.0. The lowest BCUT2D eigenvalue weighted by molar-refractivity contribution is 0.0730. The molecule has 6 nitrogen and oxygen atoms in total. The standard InChI is InChI=1S/C22H14O6S3/c23-21(19-3-1-13-29-19)27-15-5-9-17(10-6-15)31(25,26)18-11-7-16(8-12-18)28-22(24)20-4-2-14-30-20/h1-14H. The summed E-state index contributed by atoms with van der Waals surface area (Å²) in [7, 11) is -3.79. The van der Waals surface area contributed by atoms with Crippen molar-refractivity contribution in [2.75, 3.05) is 0 Å². The van der Waals surface area contributed by atoms with Crippen LogP contribution in [0.15, 0.2) is 93.3 Å². The molecular weight excluding hydrogens is 456 g/mol. The first-order valence-electron chi connectivity index (χ1n) is 8.90. The Morgan fingerprint density at radius 1 is 0.613 bits per heavy atom. The van der Waals surface area contributed by atoms with Crippen molar-refractivity contribution in [2.24, 2.45) is 0 Å². The Morgan fingerprint density at radius 3 is 1.32 bits per heavy atom. The number of benzene rings is 2. The summed E-state index contributed by atoms with van der Waals surface area (Å²) in [5.41, 5.74) is 0. The normalized spacial score (nSPS) is 11.1. The Kier molecular flexibility index (Phi) is 5.99. The van der Waals surface area contributed by atoms with Crippen molar-refractivity contribution in [3.63, 3.8) is 0 Å². The zero-order valence-electron chi connectivity index (χ0n) is 15.8. The number of rotatable bonds is 6. The van der Waals surface area contributed by atoms with Gasteiger partial charge in [0.1, 0.15) is 21.3 Å². The van der Waals surface area contributed by atoms with Crippen LogP contribution in [0.1, 0.15) is 19.3 Å². The van der Waals surface area contributed by atoms with Crippen molar-refractivity contribution >= 4 is 44.4 Å². The maximum Gasteiger partial charge on any atom is 0.353 e. The molecule has 0 aliphatic carbocycles. The first-order valence-corrected chi connectivity index (χ1v) is 12.1. The first-order chi connectivity index (χ1) is 14.9. The van der Waals surface area contributed by atoms with E-state index in [0.29, 0.717) is 9.75 Å². The van der Waals surface area contributed by atoms with Crippen molar-refractivity contribution in [3.05, 3.63) is 93.3 Å². The quantitative estimate of drug-likeness (QED) is 0.288. The zero-order chi connectivity index (χ0) is 21.8. The Labute approximate surface area is 186 Å². The van der Waals surface area contributed by atoms with E-state index in [1.54, 1.807) is 35.0 Å². The molecule has 9 heteroatoms. The van der Waals surface area contributed by atoms with Crippen LogP contribution < -0.4 is 9.47 Å². The highest BCUT2D eigenvalue weighted by Gasteiger charge is 2.19. The number of carbonyl (C=O) groups is 2. The molecule has 0 saturated carbocycles. The van der Waals surface area contributed by atoms with Crippen LogP contribution >= 0.6 is 22.7 Å². The van der Waals surface area contributed by atoms with E-state index in [9.17, 15) is 18.0 Å². The van der Waals surface area contributed by atoms with Gasteiger partial charge in [0.05, 0.1) is 9.79 Å². The van der Waals surface area contributed by atoms with Gasteiger partial charge in [-0.3, -0.25) is 0 Å². The first kappa shape index (κ1) is 21.0. The number of carbonyl (C=O) groups excluding carboxylic acids is 2. The van der Waals surface area contributed by atoms with E-state index in [1.807, 2.05) is 0 Å². The molecule has 0 radical (unpaired) electrons. The molecular formula is C22H14O6S3. The van der Waals surface area contributed by atoms with E-state index in [4.69, 9.17) is 9.47 Å². The number of hydrogen-bond donors (Lipinski definition) is 0. The highest BCUT2D eigenvalue weighted by molar-refractivity contribution is 7.91. The fourth-order valence-electron chi connectivity index (χ4n) is 2.61. The van der Waals surface area contributed by atoms with Gasteiger partial charge in [0, 0.05) is 0 Å². The molecule has 0 atom stereocenters. The Bertz CT molecular complexity index is 1190. The SMILES string of the molecule is O=C(Oc1ccc(S(=O)(=O)c2ccc(OC(=O)c3cccs3)cc2)cc1)c1cccs1. The van der Waals surface area contributed by atoms with Crippen LogP contribution in [0.4, 0.5) is 0 Å². The van der Waals surface area contributed by atoms with Crippen LogP contribution in [0.3, 0.4) is 0 Å². The second kappa shape index (κ2) is 8.84. The smallest absolute Gasteiger partial charge is 0.353 e. The lowest BCUT2D eigenvalue weighted by Crippen LogP contribution is -2.07. The van der Waals surface area contributed by atoms with Crippen molar-refractivity contribution in [1.82, 2.24) is 0 Å². The molecule has 156 valence electrons. The van der Waals surface area contributed by atoms with Crippen molar-refractivity contribution in [1.29, 1.82) is 0 Å². The van der Waals surface area contributed by atoms with Gasteiger partial charge in [-0.05, 0) is 71.4 Å². The summed E-state index contributed by atoms with van der Waals surface area (Å²) in [5.74, 6) is -0.516. The van der Waals surface area contributed by atoms with Gasteiger partial charge in [-0.25, -0.2) is 18.0 Å². The van der Waals surface area contributed by atoms with Gasteiger partial charge in [0.25, 0.3) is 0 Å². The Morgan fingerprint density at radius 2 is 1.00 bits per heavy atom. The molecule has 0 spiro atoms. The maximum atomic E-state index is 12.9. The van der Waals surface area contributed by atoms with Gasteiger partial charge >= 0.3 is 11.9 Å². The summed E-state index contributed by atoms with van der Waals surface area (Å²) in [6.45, 7) is 0. The van der Waals surface area contributed by atoms with Crippen molar-refractivity contribution in [3.8, 4) is 11.5 Å². The number of thiophene rings is 2. The minimum Gasteiger partial charge on any atom is -0.422 e. The monoisotopic (exact) mass is 470 g/mol. The molecule has 31 heavy (non-hydrogen) atoms. The molecule has 0 bridgehead atoms. The highest BCUT2D eigenvalue weighted by Crippen LogP contribution is 2.26. The van der Waals surface area contributed by atoms with Crippen LogP contribution in [0.25, 0.3) is 0 Å². The molecule has 0 amide bonds. The van der Waals surface area contributed by atoms with Crippen LogP contribution in [0, 0.1) is 0 Å². The van der Waals surface area contributed by atoms with Gasteiger partial charge in [-0.15, -0.1) is 22.7 Å². The van der Waals surface area contributed by atoms with E-state index < -0.39 is 21.8 Å². The summed E-state index contributed by atoms with van der Waals surface area (Å²) in [5, 5.41) is 3.53. The second-order valence-electron chi connectivity index (χ2n) is 6.18. The zero-order valence-corrected chi connectivity index (χ0v) is 18.2. The van der Waals surface area contributed by atoms with Gasteiger partial charge in [0.2, 0.25) is 9.84 Å². The lowest BCUT2D eigenvalue weighted by atomic mass is 10.3. The van der Waals surface area contributed by atoms with Crippen LogP contribution in [-0.2, 0) is 9.84 Å². The minimum atomic E-state index is -3.79. The van der Waals surface area contributed by atoms with Crippen molar-refractivity contribution in [2.45, 2.75) is 9.79 Å². The molecule has 2 aromatic heterocycles. The van der Waals surface area contributed by atoms with E-state index >= 15 is 0 Å². The summed E-state index contributed by atoms with van der Waals surface area (Å²) >= 11 is 2.52. The lowest BCUT2D eigenvalue weighted by Gasteiger charge is -2.08.